The summed E-state index contributed by atoms with van der Waals surface area (Å²) in [6, 6.07) is 0. The van der Waals surface area contributed by atoms with Crippen molar-refractivity contribution < 1.29 is 23.4 Å². The van der Waals surface area contributed by atoms with Gasteiger partial charge in [-0.25, -0.2) is 0 Å². The molecule has 1 rings (SSSR count). The third-order valence-corrected chi connectivity index (χ3v) is 2.74. The van der Waals surface area contributed by atoms with E-state index < -0.39 is 29.6 Å². The lowest BCUT2D eigenvalue weighted by molar-refractivity contribution is -0.143. The van der Waals surface area contributed by atoms with Crippen molar-refractivity contribution in [2.24, 2.45) is 0 Å². The van der Waals surface area contributed by atoms with Gasteiger partial charge in [0.05, 0.1) is 6.10 Å². The van der Waals surface area contributed by atoms with Gasteiger partial charge in [-0.05, 0) is 6.92 Å². The van der Waals surface area contributed by atoms with Crippen molar-refractivity contribution in [3.63, 3.8) is 0 Å². The third-order valence-electron chi connectivity index (χ3n) is 2.08. The van der Waals surface area contributed by atoms with E-state index in [0.29, 0.717) is 0 Å². The first-order valence-corrected chi connectivity index (χ1v) is 5.45. The number of H-pyrrole nitrogens is 1. The molecule has 0 saturated heterocycles. The highest BCUT2D eigenvalue weighted by Gasteiger charge is 2.40. The maximum Gasteiger partial charge on any atom is 0.435 e. The Morgan fingerprint density at radius 1 is 1.44 bits per heavy atom. The highest BCUT2D eigenvalue weighted by atomic mass is 79.9. The molecule has 0 aliphatic carbocycles. The predicted molar refractivity (Wildman–Crippen MR) is 53.1 cm³/mol. The van der Waals surface area contributed by atoms with E-state index in [1.165, 1.54) is 6.92 Å². The number of nitrogens with zero attached hydrogens (tertiary/aromatic N) is 1. The number of nitrogens with one attached hydrogen (secondary N) is 1. The lowest BCUT2D eigenvalue weighted by Gasteiger charge is -2.17. The summed E-state index contributed by atoms with van der Waals surface area (Å²) in [5.74, 6) is 0. The molecule has 0 aliphatic rings. The average molecular weight is 303 g/mol. The van der Waals surface area contributed by atoms with Gasteiger partial charge in [-0.2, -0.15) is 18.3 Å². The van der Waals surface area contributed by atoms with Gasteiger partial charge in [0.25, 0.3) is 0 Å². The van der Waals surface area contributed by atoms with Gasteiger partial charge in [0, 0.05) is 16.6 Å². The number of hydrogen-bond acceptors (Lipinski definition) is 3. The average Bonchev–Trinajstić information content (AvgIpc) is 2.57. The fourth-order valence-corrected chi connectivity index (χ4v) is 1.65. The molecule has 0 amide bonds. The summed E-state index contributed by atoms with van der Waals surface area (Å²) in [6.45, 7) is 1.35. The molecule has 0 spiro atoms. The predicted octanol–water partition coefficient (Wildman–Crippen LogP) is 1.53. The molecule has 8 heteroatoms. The van der Waals surface area contributed by atoms with Gasteiger partial charge in [-0.15, -0.1) is 0 Å². The molecule has 0 bridgehead atoms. The number of aromatic amines is 1. The summed E-state index contributed by atoms with van der Waals surface area (Å²) in [4.78, 5) is 0. The van der Waals surface area contributed by atoms with Crippen molar-refractivity contribution in [1.29, 1.82) is 0 Å². The fourth-order valence-electron chi connectivity index (χ4n) is 1.29. The van der Waals surface area contributed by atoms with Crippen LogP contribution in [0.3, 0.4) is 0 Å². The zero-order valence-corrected chi connectivity index (χ0v) is 9.80. The van der Waals surface area contributed by atoms with Gasteiger partial charge in [-0.3, -0.25) is 5.10 Å². The summed E-state index contributed by atoms with van der Waals surface area (Å²) in [5.41, 5.74) is -1.53. The number of aromatic nitrogens is 2. The second-order valence-electron chi connectivity index (χ2n) is 3.28. The van der Waals surface area contributed by atoms with Crippen LogP contribution in [0.15, 0.2) is 0 Å². The summed E-state index contributed by atoms with van der Waals surface area (Å²) in [6.07, 6.45) is -7.61. The summed E-state index contributed by atoms with van der Waals surface area (Å²) in [5, 5.41) is 24.1. The summed E-state index contributed by atoms with van der Waals surface area (Å²) < 4.78 is 37.5. The van der Waals surface area contributed by atoms with Crippen LogP contribution in [0.5, 0.6) is 0 Å². The molecule has 0 fully saturated rings. The van der Waals surface area contributed by atoms with Crippen LogP contribution in [0.1, 0.15) is 23.1 Å². The van der Waals surface area contributed by atoms with Crippen molar-refractivity contribution >= 4 is 15.9 Å². The quantitative estimate of drug-likeness (QED) is 0.742. The van der Waals surface area contributed by atoms with Crippen LogP contribution >= 0.6 is 15.9 Å². The van der Waals surface area contributed by atoms with E-state index in [2.05, 4.69) is 26.1 Å². The molecule has 1 aromatic heterocycles. The first kappa shape index (κ1) is 13.5. The number of rotatable bonds is 3. The van der Waals surface area contributed by atoms with Gasteiger partial charge in [0.2, 0.25) is 0 Å². The van der Waals surface area contributed by atoms with Crippen LogP contribution in [-0.4, -0.2) is 31.8 Å². The van der Waals surface area contributed by atoms with Gasteiger partial charge >= 0.3 is 6.18 Å². The van der Waals surface area contributed by atoms with E-state index in [-0.39, 0.29) is 11.0 Å². The number of aryl methyl sites for hydroxylation is 1. The Labute approximate surface area is 97.6 Å². The third kappa shape index (κ3) is 2.55. The number of alkyl halides is 4. The van der Waals surface area contributed by atoms with E-state index in [4.69, 9.17) is 0 Å². The van der Waals surface area contributed by atoms with Crippen molar-refractivity contribution in [3.8, 4) is 0 Å². The Hall–Kier alpha value is -0.600. The van der Waals surface area contributed by atoms with Crippen LogP contribution in [-0.2, 0) is 6.18 Å². The number of aliphatic hydroxyl groups excluding tert-OH is 2. The highest BCUT2D eigenvalue weighted by Crippen LogP contribution is 2.35. The molecular formula is C8H10BrF3N2O2. The molecule has 3 N–H and O–H groups in total. The molecule has 0 radical (unpaired) electrons. The number of halogens is 4. The molecule has 4 nitrogen and oxygen atoms in total. The zero-order chi connectivity index (χ0) is 12.5. The summed E-state index contributed by atoms with van der Waals surface area (Å²) >= 11 is 2.88. The Morgan fingerprint density at radius 3 is 2.44 bits per heavy atom. The topological polar surface area (TPSA) is 69.1 Å². The molecule has 16 heavy (non-hydrogen) atoms. The first-order chi connectivity index (χ1) is 7.29. The van der Waals surface area contributed by atoms with Crippen LogP contribution in [0.4, 0.5) is 13.2 Å². The normalized spacial score (nSPS) is 16.2. The fraction of sp³-hybridized carbons (Fsp3) is 0.625. The Balaban J connectivity index is 3.17. The second kappa shape index (κ2) is 4.72. The molecule has 92 valence electrons. The molecule has 1 heterocycles. The molecule has 2 unspecified atom stereocenters. The van der Waals surface area contributed by atoms with E-state index in [1.807, 2.05) is 0 Å². The van der Waals surface area contributed by atoms with Crippen molar-refractivity contribution in [3.05, 3.63) is 17.0 Å². The molecule has 0 saturated carbocycles. The highest BCUT2D eigenvalue weighted by molar-refractivity contribution is 9.09. The Morgan fingerprint density at radius 2 is 2.00 bits per heavy atom. The van der Waals surface area contributed by atoms with E-state index in [0.717, 1.165) is 0 Å². The molecule has 0 aromatic carbocycles. The van der Waals surface area contributed by atoms with Gasteiger partial charge in [-0.1, -0.05) is 15.9 Å². The van der Waals surface area contributed by atoms with Gasteiger partial charge in [0.15, 0.2) is 5.69 Å². The molecular weight excluding hydrogens is 293 g/mol. The summed E-state index contributed by atoms with van der Waals surface area (Å²) in [7, 11) is 0. The maximum absolute atomic E-state index is 12.5. The number of aliphatic hydroxyl groups is 2. The molecule has 0 aliphatic heterocycles. The molecule has 1 aromatic rings. The van der Waals surface area contributed by atoms with E-state index in [1.54, 1.807) is 0 Å². The van der Waals surface area contributed by atoms with Crippen LogP contribution < -0.4 is 0 Å². The van der Waals surface area contributed by atoms with Crippen molar-refractivity contribution in [2.45, 2.75) is 25.3 Å². The first-order valence-electron chi connectivity index (χ1n) is 4.33. The second-order valence-corrected chi connectivity index (χ2v) is 3.92. The van der Waals surface area contributed by atoms with Crippen molar-refractivity contribution in [1.82, 2.24) is 10.2 Å². The maximum atomic E-state index is 12.5. The van der Waals surface area contributed by atoms with E-state index in [9.17, 15) is 23.4 Å². The van der Waals surface area contributed by atoms with Gasteiger partial charge in [0.1, 0.15) is 6.10 Å². The largest absolute Gasteiger partial charge is 0.435 e. The number of hydrogen-bond donors (Lipinski definition) is 3. The minimum atomic E-state index is -4.66. The van der Waals surface area contributed by atoms with Crippen LogP contribution in [0, 0.1) is 6.92 Å². The molecule has 2 atom stereocenters. The SMILES string of the molecule is Cc1[nH]nc(C(F)(F)F)c1C(O)C(O)CBr. The standard InChI is InChI=1S/C8H10BrF3N2O2/c1-3-5(6(16)4(15)2-9)7(14-13-3)8(10,11)12/h4,6,15-16H,2H2,1H3,(H,13,14). The zero-order valence-electron chi connectivity index (χ0n) is 8.22. The smallest absolute Gasteiger partial charge is 0.389 e. The Bertz CT molecular complexity index is 367. The van der Waals surface area contributed by atoms with Crippen molar-refractivity contribution in [2.75, 3.05) is 5.33 Å². The minimum absolute atomic E-state index is 0.0317. The monoisotopic (exact) mass is 302 g/mol. The van der Waals surface area contributed by atoms with Crippen LogP contribution in [0.2, 0.25) is 0 Å². The lowest BCUT2D eigenvalue weighted by atomic mass is 10.0. The Kier molecular flexibility index (Phi) is 3.97. The minimum Gasteiger partial charge on any atom is -0.389 e. The van der Waals surface area contributed by atoms with Gasteiger partial charge < -0.3 is 10.2 Å². The van der Waals surface area contributed by atoms with Crippen LogP contribution in [0.25, 0.3) is 0 Å². The lowest BCUT2D eigenvalue weighted by Crippen LogP contribution is -2.23. The van der Waals surface area contributed by atoms with E-state index >= 15 is 0 Å².